The average molecular weight is 177 g/mol. The van der Waals surface area contributed by atoms with Gasteiger partial charge in [-0.1, -0.05) is 30.3 Å². The van der Waals surface area contributed by atoms with Crippen LogP contribution in [0.25, 0.3) is 0 Å². The molecule has 2 heteroatoms. The SMILES string of the molecule is O[C@H]1CCCN1Cc1ccccc1. The van der Waals surface area contributed by atoms with Gasteiger partial charge in [0.2, 0.25) is 0 Å². The van der Waals surface area contributed by atoms with E-state index < -0.39 is 0 Å². The quantitative estimate of drug-likeness (QED) is 0.741. The molecule has 1 saturated heterocycles. The van der Waals surface area contributed by atoms with Crippen LogP contribution >= 0.6 is 0 Å². The van der Waals surface area contributed by atoms with Crippen LogP contribution in [0.1, 0.15) is 18.4 Å². The number of rotatable bonds is 2. The van der Waals surface area contributed by atoms with Crippen LogP contribution in [0.15, 0.2) is 30.3 Å². The van der Waals surface area contributed by atoms with Gasteiger partial charge >= 0.3 is 0 Å². The first-order chi connectivity index (χ1) is 6.36. The average Bonchev–Trinajstić information content (AvgIpc) is 2.54. The largest absolute Gasteiger partial charge is 0.378 e. The van der Waals surface area contributed by atoms with E-state index in [4.69, 9.17) is 0 Å². The van der Waals surface area contributed by atoms with E-state index in [-0.39, 0.29) is 6.23 Å². The normalized spacial score (nSPS) is 23.6. The summed E-state index contributed by atoms with van der Waals surface area (Å²) in [6.45, 7) is 1.90. The molecule has 2 nitrogen and oxygen atoms in total. The van der Waals surface area contributed by atoms with Crippen molar-refractivity contribution in [1.82, 2.24) is 4.90 Å². The van der Waals surface area contributed by atoms with E-state index >= 15 is 0 Å². The smallest absolute Gasteiger partial charge is 0.107 e. The molecule has 1 fully saturated rings. The van der Waals surface area contributed by atoms with E-state index in [1.807, 2.05) is 18.2 Å². The molecule has 1 aromatic carbocycles. The first-order valence-electron chi connectivity index (χ1n) is 4.82. The number of aliphatic hydroxyl groups is 1. The van der Waals surface area contributed by atoms with E-state index in [1.54, 1.807) is 0 Å². The molecule has 2 rings (SSSR count). The minimum absolute atomic E-state index is 0.222. The zero-order valence-electron chi connectivity index (χ0n) is 7.69. The maximum absolute atomic E-state index is 9.58. The summed E-state index contributed by atoms with van der Waals surface area (Å²) in [5.74, 6) is 0. The molecule has 0 amide bonds. The van der Waals surface area contributed by atoms with Crippen molar-refractivity contribution in [2.45, 2.75) is 25.6 Å². The molecule has 0 aromatic heterocycles. The topological polar surface area (TPSA) is 23.5 Å². The zero-order chi connectivity index (χ0) is 9.10. The van der Waals surface area contributed by atoms with Crippen molar-refractivity contribution in [3.8, 4) is 0 Å². The molecule has 1 atom stereocenters. The molecule has 70 valence electrons. The van der Waals surface area contributed by atoms with Gasteiger partial charge in [-0.05, 0) is 18.4 Å². The lowest BCUT2D eigenvalue weighted by molar-refractivity contribution is 0.0328. The minimum Gasteiger partial charge on any atom is -0.378 e. The number of benzene rings is 1. The van der Waals surface area contributed by atoms with Crippen LogP contribution in [0.4, 0.5) is 0 Å². The van der Waals surface area contributed by atoms with Crippen molar-refractivity contribution in [3.63, 3.8) is 0 Å². The van der Waals surface area contributed by atoms with Gasteiger partial charge in [-0.3, -0.25) is 4.90 Å². The third-order valence-corrected chi connectivity index (χ3v) is 2.56. The zero-order valence-corrected chi connectivity index (χ0v) is 7.69. The summed E-state index contributed by atoms with van der Waals surface area (Å²) in [5, 5.41) is 9.58. The summed E-state index contributed by atoms with van der Waals surface area (Å²) in [6, 6.07) is 10.3. The molecular weight excluding hydrogens is 162 g/mol. The highest BCUT2D eigenvalue weighted by atomic mass is 16.3. The van der Waals surface area contributed by atoms with Crippen molar-refractivity contribution in [2.75, 3.05) is 6.54 Å². The van der Waals surface area contributed by atoms with Crippen molar-refractivity contribution in [1.29, 1.82) is 0 Å². The first kappa shape index (κ1) is 8.73. The van der Waals surface area contributed by atoms with Gasteiger partial charge in [0.1, 0.15) is 6.23 Å². The monoisotopic (exact) mass is 177 g/mol. The van der Waals surface area contributed by atoms with Gasteiger partial charge in [0, 0.05) is 13.1 Å². The first-order valence-corrected chi connectivity index (χ1v) is 4.82. The lowest BCUT2D eigenvalue weighted by Gasteiger charge is -2.19. The van der Waals surface area contributed by atoms with Crippen LogP contribution in [0.2, 0.25) is 0 Å². The maximum atomic E-state index is 9.58. The molecule has 0 radical (unpaired) electrons. The Morgan fingerprint density at radius 1 is 1.31 bits per heavy atom. The molecule has 0 aliphatic carbocycles. The summed E-state index contributed by atoms with van der Waals surface area (Å²) < 4.78 is 0. The summed E-state index contributed by atoms with van der Waals surface area (Å²) in [7, 11) is 0. The Morgan fingerprint density at radius 2 is 2.08 bits per heavy atom. The standard InChI is InChI=1S/C11H15NO/c13-11-7-4-8-12(11)9-10-5-2-1-3-6-10/h1-3,5-6,11,13H,4,7-9H2/t11-/m0/s1. The van der Waals surface area contributed by atoms with Crippen molar-refractivity contribution in [2.24, 2.45) is 0 Å². The fourth-order valence-electron chi connectivity index (χ4n) is 1.81. The number of nitrogens with zero attached hydrogens (tertiary/aromatic N) is 1. The summed E-state index contributed by atoms with van der Waals surface area (Å²) >= 11 is 0. The molecular formula is C11H15NO. The van der Waals surface area contributed by atoms with Crippen LogP contribution in [0.5, 0.6) is 0 Å². The third-order valence-electron chi connectivity index (χ3n) is 2.56. The van der Waals surface area contributed by atoms with Gasteiger partial charge < -0.3 is 5.11 Å². The van der Waals surface area contributed by atoms with Crippen molar-refractivity contribution in [3.05, 3.63) is 35.9 Å². The fourth-order valence-corrected chi connectivity index (χ4v) is 1.81. The van der Waals surface area contributed by atoms with Crippen LogP contribution in [-0.4, -0.2) is 22.8 Å². The predicted octanol–water partition coefficient (Wildman–Crippen LogP) is 1.60. The van der Waals surface area contributed by atoms with Gasteiger partial charge in [-0.25, -0.2) is 0 Å². The molecule has 0 bridgehead atoms. The molecule has 1 heterocycles. The molecule has 1 aliphatic rings. The Hall–Kier alpha value is -0.860. The molecule has 13 heavy (non-hydrogen) atoms. The van der Waals surface area contributed by atoms with Gasteiger partial charge in [-0.2, -0.15) is 0 Å². The van der Waals surface area contributed by atoms with E-state index in [9.17, 15) is 5.11 Å². The Bertz CT molecular complexity index is 260. The lowest BCUT2D eigenvalue weighted by atomic mass is 10.2. The van der Waals surface area contributed by atoms with Gasteiger partial charge in [0.15, 0.2) is 0 Å². The van der Waals surface area contributed by atoms with Crippen LogP contribution < -0.4 is 0 Å². The summed E-state index contributed by atoms with van der Waals surface area (Å²) in [6.07, 6.45) is 1.82. The number of hydrogen-bond donors (Lipinski definition) is 1. The number of aliphatic hydroxyl groups excluding tert-OH is 1. The summed E-state index contributed by atoms with van der Waals surface area (Å²) in [4.78, 5) is 2.12. The molecule has 0 unspecified atom stereocenters. The highest BCUT2D eigenvalue weighted by Crippen LogP contribution is 2.17. The van der Waals surface area contributed by atoms with Crippen molar-refractivity contribution < 1.29 is 5.11 Å². The Kier molecular flexibility index (Phi) is 2.62. The summed E-state index contributed by atoms with van der Waals surface area (Å²) in [5.41, 5.74) is 1.28. The van der Waals surface area contributed by atoms with Crippen LogP contribution in [-0.2, 0) is 6.54 Å². The third kappa shape index (κ3) is 2.08. The van der Waals surface area contributed by atoms with Gasteiger partial charge in [-0.15, -0.1) is 0 Å². The lowest BCUT2D eigenvalue weighted by Crippen LogP contribution is -2.28. The second-order valence-corrected chi connectivity index (χ2v) is 3.58. The van der Waals surface area contributed by atoms with E-state index in [2.05, 4.69) is 17.0 Å². The van der Waals surface area contributed by atoms with E-state index in [1.165, 1.54) is 5.56 Å². The van der Waals surface area contributed by atoms with Crippen LogP contribution in [0, 0.1) is 0 Å². The van der Waals surface area contributed by atoms with Gasteiger partial charge in [0.05, 0.1) is 0 Å². The Labute approximate surface area is 78.8 Å². The molecule has 1 aliphatic heterocycles. The highest BCUT2D eigenvalue weighted by molar-refractivity contribution is 5.14. The molecule has 1 aromatic rings. The fraction of sp³-hybridized carbons (Fsp3) is 0.455. The molecule has 0 spiro atoms. The highest BCUT2D eigenvalue weighted by Gasteiger charge is 2.21. The molecule has 0 saturated carbocycles. The Morgan fingerprint density at radius 3 is 2.69 bits per heavy atom. The van der Waals surface area contributed by atoms with E-state index in [0.29, 0.717) is 0 Å². The van der Waals surface area contributed by atoms with Crippen molar-refractivity contribution >= 4 is 0 Å². The molecule has 1 N–H and O–H groups in total. The van der Waals surface area contributed by atoms with E-state index in [0.717, 1.165) is 25.9 Å². The number of hydrogen-bond acceptors (Lipinski definition) is 2. The maximum Gasteiger partial charge on any atom is 0.107 e. The predicted molar refractivity (Wildman–Crippen MR) is 52.1 cm³/mol. The number of likely N-dealkylation sites (tertiary alicyclic amines) is 1. The second kappa shape index (κ2) is 3.90. The van der Waals surface area contributed by atoms with Gasteiger partial charge in [0.25, 0.3) is 0 Å². The minimum atomic E-state index is -0.222. The Balaban J connectivity index is 1.98. The second-order valence-electron chi connectivity index (χ2n) is 3.58. The van der Waals surface area contributed by atoms with Crippen LogP contribution in [0.3, 0.4) is 0 Å².